The second-order valence-electron chi connectivity index (χ2n) is 5.71. The fourth-order valence-corrected chi connectivity index (χ4v) is 3.61. The van der Waals surface area contributed by atoms with Gasteiger partial charge in [-0.3, -0.25) is 4.79 Å². The summed E-state index contributed by atoms with van der Waals surface area (Å²) >= 11 is 1.59. The minimum absolute atomic E-state index is 0.00818. The number of carboxylic acids is 1. The van der Waals surface area contributed by atoms with Crippen LogP contribution < -0.4 is 0 Å². The maximum absolute atomic E-state index is 11.4. The van der Waals surface area contributed by atoms with E-state index in [9.17, 15) is 20.1 Å². The summed E-state index contributed by atoms with van der Waals surface area (Å²) in [6.07, 6.45) is -0.560. The topological polar surface area (TPSA) is 77.8 Å². The van der Waals surface area contributed by atoms with Crippen molar-refractivity contribution >= 4 is 33.0 Å². The van der Waals surface area contributed by atoms with Crippen LogP contribution in [0.1, 0.15) is 18.9 Å². The monoisotopic (exact) mass is 304 g/mol. The summed E-state index contributed by atoms with van der Waals surface area (Å²) in [5.74, 6) is -0.997. The van der Waals surface area contributed by atoms with Crippen molar-refractivity contribution < 1.29 is 20.1 Å². The van der Waals surface area contributed by atoms with Gasteiger partial charge in [-0.1, -0.05) is 18.2 Å². The lowest BCUT2D eigenvalue weighted by Crippen LogP contribution is -2.41. The van der Waals surface area contributed by atoms with Crippen molar-refractivity contribution in [2.24, 2.45) is 5.41 Å². The van der Waals surface area contributed by atoms with Crippen LogP contribution in [0.4, 0.5) is 0 Å². The number of carboxylic acid groups (broad SMARTS) is 1. The number of rotatable bonds is 2. The van der Waals surface area contributed by atoms with E-state index in [4.69, 9.17) is 0 Å². The van der Waals surface area contributed by atoms with Crippen LogP contribution in [0.2, 0.25) is 0 Å². The van der Waals surface area contributed by atoms with Crippen LogP contribution in [0.5, 0.6) is 0 Å². The van der Waals surface area contributed by atoms with Crippen LogP contribution in [0.3, 0.4) is 0 Å². The van der Waals surface area contributed by atoms with Gasteiger partial charge in [0.25, 0.3) is 0 Å². The maximum Gasteiger partial charge on any atom is 0.313 e. The summed E-state index contributed by atoms with van der Waals surface area (Å²) in [6.45, 7) is 1.56. The highest BCUT2D eigenvalue weighted by Crippen LogP contribution is 2.39. The number of benzene rings is 1. The van der Waals surface area contributed by atoms with Crippen molar-refractivity contribution in [3.05, 3.63) is 41.3 Å². The molecule has 3 N–H and O–H groups in total. The summed E-state index contributed by atoms with van der Waals surface area (Å²) in [5, 5.41) is 32.7. The zero-order valence-electron chi connectivity index (χ0n) is 11.5. The fraction of sp³-hybridized carbons (Fsp3) is 0.312. The number of aliphatic hydroxyl groups excluding tert-OH is 2. The average molecular weight is 304 g/mol. The fourth-order valence-electron chi connectivity index (χ4n) is 2.78. The van der Waals surface area contributed by atoms with Crippen molar-refractivity contribution in [2.45, 2.75) is 25.6 Å². The molecule has 1 aromatic heterocycles. The molecule has 1 aliphatic rings. The molecule has 3 rings (SSSR count). The normalized spacial score (nSPS) is 29.4. The highest BCUT2D eigenvalue weighted by atomic mass is 32.1. The molecular formula is C16H16O4S. The summed E-state index contributed by atoms with van der Waals surface area (Å²) in [4.78, 5) is 11.4. The van der Waals surface area contributed by atoms with Crippen molar-refractivity contribution in [1.29, 1.82) is 0 Å². The van der Waals surface area contributed by atoms with Crippen LogP contribution >= 0.6 is 11.3 Å². The lowest BCUT2D eigenvalue weighted by Gasteiger charge is -2.34. The van der Waals surface area contributed by atoms with Gasteiger partial charge in [0.1, 0.15) is 6.10 Å². The molecule has 110 valence electrons. The van der Waals surface area contributed by atoms with Gasteiger partial charge < -0.3 is 15.3 Å². The highest BCUT2D eigenvalue weighted by molar-refractivity contribution is 7.17. The molecule has 5 heteroatoms. The van der Waals surface area contributed by atoms with Gasteiger partial charge in [-0.25, -0.2) is 0 Å². The Morgan fingerprint density at radius 1 is 1.33 bits per heavy atom. The number of carbonyl (C=O) groups is 1. The van der Waals surface area contributed by atoms with Crippen LogP contribution in [0, 0.1) is 5.41 Å². The van der Waals surface area contributed by atoms with Crippen LogP contribution in [0.15, 0.2) is 35.7 Å². The molecule has 2 aromatic rings. The lowest BCUT2D eigenvalue weighted by atomic mass is 9.74. The van der Waals surface area contributed by atoms with E-state index in [2.05, 4.69) is 0 Å². The average Bonchev–Trinajstić information content (AvgIpc) is 2.90. The Labute approximate surface area is 126 Å². The third kappa shape index (κ3) is 2.37. The van der Waals surface area contributed by atoms with E-state index in [1.165, 1.54) is 0 Å². The molecule has 0 saturated carbocycles. The third-order valence-corrected chi connectivity index (χ3v) is 4.95. The molecule has 0 radical (unpaired) electrons. The van der Waals surface area contributed by atoms with Crippen LogP contribution in [-0.2, 0) is 4.79 Å². The van der Waals surface area contributed by atoms with E-state index in [0.717, 1.165) is 15.6 Å². The molecule has 0 aliphatic heterocycles. The Kier molecular flexibility index (Phi) is 3.36. The Morgan fingerprint density at radius 2 is 2.10 bits per heavy atom. The summed E-state index contributed by atoms with van der Waals surface area (Å²) in [6, 6.07) is 7.72. The summed E-state index contributed by atoms with van der Waals surface area (Å²) in [5.41, 5.74) is 0.0656. The quantitative estimate of drug-likeness (QED) is 0.796. The van der Waals surface area contributed by atoms with Crippen LogP contribution in [-0.4, -0.2) is 33.5 Å². The number of hydrogen-bond acceptors (Lipinski definition) is 4. The molecule has 0 saturated heterocycles. The molecule has 0 spiro atoms. The third-order valence-electron chi connectivity index (χ3n) is 4.07. The minimum atomic E-state index is -1.17. The molecule has 1 heterocycles. The van der Waals surface area contributed by atoms with Gasteiger partial charge >= 0.3 is 5.97 Å². The van der Waals surface area contributed by atoms with Crippen LogP contribution in [0.25, 0.3) is 15.7 Å². The number of hydrogen-bond donors (Lipinski definition) is 3. The number of fused-ring (bicyclic) bond motifs is 1. The second-order valence-corrected chi connectivity index (χ2v) is 6.66. The SMILES string of the molecule is C[C@@]1(C(=O)O)C=C(c2ccc3ccsc3c2)[C@@H](O)[C@H](O)C1. The van der Waals surface area contributed by atoms with Crippen molar-refractivity contribution in [1.82, 2.24) is 0 Å². The van der Waals surface area contributed by atoms with E-state index >= 15 is 0 Å². The second kappa shape index (κ2) is 4.94. The molecule has 1 aromatic carbocycles. The Hall–Kier alpha value is -1.69. The number of aliphatic hydroxyl groups is 2. The molecule has 1 aliphatic carbocycles. The van der Waals surface area contributed by atoms with Gasteiger partial charge in [-0.2, -0.15) is 0 Å². The molecule has 21 heavy (non-hydrogen) atoms. The Balaban J connectivity index is 2.12. The van der Waals surface area contributed by atoms with Crippen molar-refractivity contribution in [3.8, 4) is 0 Å². The molecular weight excluding hydrogens is 288 g/mol. The summed E-state index contributed by atoms with van der Waals surface area (Å²) < 4.78 is 1.07. The number of aliphatic carboxylic acids is 1. The first-order valence-electron chi connectivity index (χ1n) is 6.71. The molecule has 0 fully saturated rings. The van der Waals surface area contributed by atoms with Gasteiger partial charge in [0.15, 0.2) is 0 Å². The molecule has 0 bridgehead atoms. The maximum atomic E-state index is 11.4. The molecule has 0 unspecified atom stereocenters. The van der Waals surface area contributed by atoms with Gasteiger partial charge in [0.2, 0.25) is 0 Å². The van der Waals surface area contributed by atoms with E-state index < -0.39 is 23.6 Å². The predicted octanol–water partition coefficient (Wildman–Crippen LogP) is 2.50. The van der Waals surface area contributed by atoms with Gasteiger partial charge in [0, 0.05) is 4.70 Å². The lowest BCUT2D eigenvalue weighted by molar-refractivity contribution is -0.147. The van der Waals surface area contributed by atoms with Gasteiger partial charge in [0.05, 0.1) is 11.5 Å². The first-order valence-corrected chi connectivity index (χ1v) is 7.58. The van der Waals surface area contributed by atoms with Gasteiger partial charge in [-0.05, 0) is 47.4 Å². The van der Waals surface area contributed by atoms with E-state index in [0.29, 0.717) is 5.57 Å². The van der Waals surface area contributed by atoms with E-state index in [1.54, 1.807) is 24.3 Å². The molecule has 4 nitrogen and oxygen atoms in total. The highest BCUT2D eigenvalue weighted by Gasteiger charge is 2.41. The smallest absolute Gasteiger partial charge is 0.313 e. The van der Waals surface area contributed by atoms with E-state index in [-0.39, 0.29) is 6.42 Å². The zero-order chi connectivity index (χ0) is 15.2. The minimum Gasteiger partial charge on any atom is -0.481 e. The molecule has 0 amide bonds. The first kappa shape index (κ1) is 14.3. The van der Waals surface area contributed by atoms with E-state index in [1.807, 2.05) is 29.6 Å². The first-order chi connectivity index (χ1) is 9.90. The summed E-state index contributed by atoms with van der Waals surface area (Å²) in [7, 11) is 0. The molecule has 3 atom stereocenters. The Bertz CT molecular complexity index is 733. The number of thiophene rings is 1. The Morgan fingerprint density at radius 3 is 2.81 bits per heavy atom. The van der Waals surface area contributed by atoms with Gasteiger partial charge in [-0.15, -0.1) is 11.3 Å². The predicted molar refractivity (Wildman–Crippen MR) is 82.2 cm³/mol. The largest absolute Gasteiger partial charge is 0.481 e. The van der Waals surface area contributed by atoms with Crippen molar-refractivity contribution in [2.75, 3.05) is 0 Å². The standard InChI is InChI=1S/C16H16O4S/c1-16(15(19)20)7-11(14(18)12(17)8-16)10-3-2-9-4-5-21-13(9)6-10/h2-7,12,14,17-18H,8H2,1H3,(H,19,20)/t12-,14-,16-/m1/s1. The zero-order valence-corrected chi connectivity index (χ0v) is 12.3. The van der Waals surface area contributed by atoms with Crippen molar-refractivity contribution in [3.63, 3.8) is 0 Å².